The van der Waals surface area contributed by atoms with E-state index in [1.807, 2.05) is 24.3 Å². The highest BCUT2D eigenvalue weighted by Crippen LogP contribution is 2.18. The minimum atomic E-state index is 0.00587. The fraction of sp³-hybridized carbons (Fsp3) is 0.462. The van der Waals surface area contributed by atoms with Crippen LogP contribution in [0.5, 0.6) is 0 Å². The summed E-state index contributed by atoms with van der Waals surface area (Å²) < 4.78 is 0. The zero-order valence-corrected chi connectivity index (χ0v) is 11.1. The number of hydrogen-bond donors (Lipinski definition) is 2. The van der Waals surface area contributed by atoms with Crippen molar-refractivity contribution in [3.05, 3.63) is 34.9 Å². The maximum Gasteiger partial charge on any atom is 0.216 e. The van der Waals surface area contributed by atoms with Crippen LogP contribution in [0.4, 0.5) is 0 Å². The topological polar surface area (TPSA) is 41.1 Å². The first-order valence-corrected chi connectivity index (χ1v) is 6.24. The third kappa shape index (κ3) is 5.20. The van der Waals surface area contributed by atoms with Gasteiger partial charge in [-0.05, 0) is 24.1 Å². The zero-order valence-electron chi connectivity index (χ0n) is 10.3. The highest BCUT2D eigenvalue weighted by Gasteiger charge is 2.07. The van der Waals surface area contributed by atoms with Crippen LogP contribution in [0.1, 0.15) is 31.9 Å². The smallest absolute Gasteiger partial charge is 0.216 e. The fourth-order valence-corrected chi connectivity index (χ4v) is 1.80. The quantitative estimate of drug-likeness (QED) is 0.766. The summed E-state index contributed by atoms with van der Waals surface area (Å²) in [6.07, 6.45) is 1.00. The Morgan fingerprint density at radius 3 is 2.47 bits per heavy atom. The van der Waals surface area contributed by atoms with Crippen LogP contribution in [0.3, 0.4) is 0 Å². The molecule has 0 aliphatic heterocycles. The molecular weight excluding hydrogens is 236 g/mol. The molecule has 0 aliphatic carbocycles. The normalized spacial score (nSPS) is 12.2. The fourth-order valence-electron chi connectivity index (χ4n) is 1.68. The van der Waals surface area contributed by atoms with Crippen molar-refractivity contribution in [1.29, 1.82) is 0 Å². The van der Waals surface area contributed by atoms with E-state index < -0.39 is 0 Å². The van der Waals surface area contributed by atoms with E-state index in [1.54, 1.807) is 0 Å². The van der Waals surface area contributed by atoms with Crippen molar-refractivity contribution in [1.82, 2.24) is 10.6 Å². The van der Waals surface area contributed by atoms with Gasteiger partial charge in [0.1, 0.15) is 0 Å². The van der Waals surface area contributed by atoms with Gasteiger partial charge in [0.2, 0.25) is 5.91 Å². The molecule has 2 N–H and O–H groups in total. The summed E-state index contributed by atoms with van der Waals surface area (Å²) in [5.74, 6) is 0.00587. The molecule has 0 aliphatic rings. The second-order valence-corrected chi connectivity index (χ2v) is 4.39. The van der Waals surface area contributed by atoms with Gasteiger partial charge >= 0.3 is 0 Å². The van der Waals surface area contributed by atoms with Crippen LogP contribution in [-0.4, -0.2) is 19.0 Å². The molecule has 1 rings (SSSR count). The van der Waals surface area contributed by atoms with Crippen molar-refractivity contribution in [3.8, 4) is 0 Å². The van der Waals surface area contributed by atoms with Crippen molar-refractivity contribution in [3.63, 3.8) is 0 Å². The minimum absolute atomic E-state index is 0.00587. The maximum absolute atomic E-state index is 10.7. The van der Waals surface area contributed by atoms with E-state index in [1.165, 1.54) is 12.5 Å². The third-order valence-electron chi connectivity index (χ3n) is 2.57. The summed E-state index contributed by atoms with van der Waals surface area (Å²) >= 11 is 5.85. The predicted octanol–water partition coefficient (Wildman–Crippen LogP) is 2.52. The molecule has 4 heteroatoms. The molecule has 94 valence electrons. The Morgan fingerprint density at radius 1 is 1.29 bits per heavy atom. The van der Waals surface area contributed by atoms with E-state index >= 15 is 0 Å². The summed E-state index contributed by atoms with van der Waals surface area (Å²) in [4.78, 5) is 10.7. The number of carbonyl (C=O) groups is 1. The van der Waals surface area contributed by atoms with Crippen LogP contribution in [0.25, 0.3) is 0 Å². The van der Waals surface area contributed by atoms with E-state index in [0.717, 1.165) is 18.0 Å². The van der Waals surface area contributed by atoms with Crippen LogP contribution in [-0.2, 0) is 4.79 Å². The number of carbonyl (C=O) groups excluding carboxylic acids is 1. The van der Waals surface area contributed by atoms with E-state index in [2.05, 4.69) is 17.6 Å². The molecule has 1 unspecified atom stereocenters. The number of hydrogen-bond acceptors (Lipinski definition) is 2. The highest BCUT2D eigenvalue weighted by atomic mass is 35.5. The molecule has 1 amide bonds. The van der Waals surface area contributed by atoms with Crippen LogP contribution in [0.2, 0.25) is 5.02 Å². The van der Waals surface area contributed by atoms with Gasteiger partial charge in [-0.2, -0.15) is 0 Å². The summed E-state index contributed by atoms with van der Waals surface area (Å²) in [5.41, 5.74) is 1.22. The van der Waals surface area contributed by atoms with Gasteiger partial charge in [-0.25, -0.2) is 0 Å². The summed E-state index contributed by atoms with van der Waals surface area (Å²) in [5, 5.41) is 6.92. The van der Waals surface area contributed by atoms with Crippen molar-refractivity contribution in [2.24, 2.45) is 0 Å². The van der Waals surface area contributed by atoms with E-state index in [0.29, 0.717) is 12.6 Å². The monoisotopic (exact) mass is 254 g/mol. The van der Waals surface area contributed by atoms with Gasteiger partial charge < -0.3 is 10.6 Å². The van der Waals surface area contributed by atoms with E-state index in [4.69, 9.17) is 11.6 Å². The van der Waals surface area contributed by atoms with Crippen LogP contribution >= 0.6 is 11.6 Å². The third-order valence-corrected chi connectivity index (χ3v) is 2.82. The lowest BCUT2D eigenvalue weighted by Crippen LogP contribution is -2.32. The lowest BCUT2D eigenvalue weighted by Gasteiger charge is -2.17. The Morgan fingerprint density at radius 2 is 1.94 bits per heavy atom. The van der Waals surface area contributed by atoms with E-state index in [-0.39, 0.29) is 5.91 Å². The average molecular weight is 255 g/mol. The largest absolute Gasteiger partial charge is 0.355 e. The molecule has 0 fully saturated rings. The maximum atomic E-state index is 10.7. The lowest BCUT2D eigenvalue weighted by atomic mass is 10.0. The summed E-state index contributed by atoms with van der Waals surface area (Å²) in [6, 6.07) is 8.16. The molecule has 17 heavy (non-hydrogen) atoms. The minimum Gasteiger partial charge on any atom is -0.355 e. The number of nitrogens with one attached hydrogen (secondary N) is 2. The molecular formula is C13H19ClN2O. The second kappa shape index (κ2) is 7.30. The van der Waals surface area contributed by atoms with Crippen molar-refractivity contribution in [2.75, 3.05) is 13.1 Å². The molecule has 0 spiro atoms. The molecule has 1 aromatic rings. The van der Waals surface area contributed by atoms with Crippen molar-refractivity contribution < 1.29 is 4.79 Å². The first-order valence-electron chi connectivity index (χ1n) is 5.86. The summed E-state index contributed by atoms with van der Waals surface area (Å²) in [6.45, 7) is 5.07. The first-order chi connectivity index (χ1) is 8.13. The van der Waals surface area contributed by atoms with Crippen LogP contribution in [0, 0.1) is 0 Å². The molecule has 0 radical (unpaired) electrons. The molecule has 1 atom stereocenters. The molecule has 0 saturated carbocycles. The molecule has 0 heterocycles. The Labute approximate surface area is 108 Å². The summed E-state index contributed by atoms with van der Waals surface area (Å²) in [7, 11) is 0. The van der Waals surface area contributed by atoms with Gasteiger partial charge in [0, 0.05) is 31.1 Å². The lowest BCUT2D eigenvalue weighted by molar-refractivity contribution is -0.118. The van der Waals surface area contributed by atoms with Crippen LogP contribution < -0.4 is 10.6 Å². The molecule has 3 nitrogen and oxygen atoms in total. The molecule has 0 aromatic heterocycles. The number of halogens is 1. The molecule has 0 bridgehead atoms. The molecule has 1 aromatic carbocycles. The van der Waals surface area contributed by atoms with E-state index in [9.17, 15) is 4.79 Å². The SMILES string of the molecule is CCC(NCCNC(C)=O)c1ccc(Cl)cc1. The second-order valence-electron chi connectivity index (χ2n) is 3.95. The standard InChI is InChI=1S/C13H19ClN2O/c1-3-13(16-9-8-15-10(2)17)11-4-6-12(14)7-5-11/h4-7,13,16H,3,8-9H2,1-2H3,(H,15,17). The predicted molar refractivity (Wildman–Crippen MR) is 71.2 cm³/mol. The number of amides is 1. The van der Waals surface area contributed by atoms with Gasteiger partial charge in [0.25, 0.3) is 0 Å². The van der Waals surface area contributed by atoms with Crippen molar-refractivity contribution in [2.45, 2.75) is 26.3 Å². The molecule has 0 saturated heterocycles. The van der Waals surface area contributed by atoms with Crippen LogP contribution in [0.15, 0.2) is 24.3 Å². The van der Waals surface area contributed by atoms with Gasteiger partial charge in [-0.1, -0.05) is 30.7 Å². The van der Waals surface area contributed by atoms with Gasteiger partial charge in [0.15, 0.2) is 0 Å². The van der Waals surface area contributed by atoms with Crippen molar-refractivity contribution >= 4 is 17.5 Å². The Hall–Kier alpha value is -1.06. The number of benzene rings is 1. The Bertz CT molecular complexity index is 351. The highest BCUT2D eigenvalue weighted by molar-refractivity contribution is 6.30. The zero-order chi connectivity index (χ0) is 12.7. The Kier molecular flexibility index (Phi) is 6.01. The average Bonchev–Trinajstić information content (AvgIpc) is 2.30. The Balaban J connectivity index is 2.43. The first kappa shape index (κ1) is 14.0. The van der Waals surface area contributed by atoms with Gasteiger partial charge in [0.05, 0.1) is 0 Å². The van der Waals surface area contributed by atoms with Gasteiger partial charge in [-0.3, -0.25) is 4.79 Å². The van der Waals surface area contributed by atoms with Gasteiger partial charge in [-0.15, -0.1) is 0 Å². The number of rotatable bonds is 6.